The Balaban J connectivity index is 2.28. The Morgan fingerprint density at radius 1 is 1.62 bits per heavy atom. The summed E-state index contributed by atoms with van der Waals surface area (Å²) >= 11 is 0. The number of carbonyl (C=O) groups is 1. The minimum Gasteiger partial charge on any atom is -0.354 e. The van der Waals surface area contributed by atoms with E-state index in [1.807, 2.05) is 20.9 Å². The molecule has 0 saturated heterocycles. The van der Waals surface area contributed by atoms with Gasteiger partial charge in [0.15, 0.2) is 5.82 Å². The van der Waals surface area contributed by atoms with Crippen LogP contribution in [0.4, 0.5) is 0 Å². The van der Waals surface area contributed by atoms with E-state index in [9.17, 15) is 4.79 Å². The lowest BCUT2D eigenvalue weighted by molar-refractivity contribution is -0.123. The fourth-order valence-corrected chi connectivity index (χ4v) is 1.22. The van der Waals surface area contributed by atoms with Crippen LogP contribution in [0.2, 0.25) is 0 Å². The molecule has 1 atom stereocenters. The summed E-state index contributed by atoms with van der Waals surface area (Å²) in [6.07, 6.45) is 2.26. The number of hydrogen-bond acceptors (Lipinski definition) is 4. The topological polar surface area (TPSA) is 85.8 Å². The van der Waals surface area contributed by atoms with E-state index in [1.165, 1.54) is 0 Å². The van der Waals surface area contributed by atoms with Gasteiger partial charge in [0.1, 0.15) is 6.33 Å². The first-order valence-corrected chi connectivity index (χ1v) is 5.38. The summed E-state index contributed by atoms with van der Waals surface area (Å²) in [6, 6.07) is -0.448. The summed E-state index contributed by atoms with van der Waals surface area (Å²) < 4.78 is 1.64. The molecule has 0 aliphatic rings. The molecule has 0 spiro atoms. The summed E-state index contributed by atoms with van der Waals surface area (Å²) in [5.74, 6) is 0.750. The molecule has 0 aromatic carbocycles. The molecule has 1 aromatic heterocycles. The van der Waals surface area contributed by atoms with Crippen molar-refractivity contribution in [2.45, 2.75) is 26.3 Å². The number of carbonyl (C=O) groups excluding carboxylic acids is 1. The van der Waals surface area contributed by atoms with Gasteiger partial charge in [0, 0.05) is 20.0 Å². The van der Waals surface area contributed by atoms with Gasteiger partial charge in [0.25, 0.3) is 0 Å². The Morgan fingerprint density at radius 3 is 2.81 bits per heavy atom. The van der Waals surface area contributed by atoms with Gasteiger partial charge in [0.05, 0.1) is 6.04 Å². The third kappa shape index (κ3) is 3.62. The Bertz CT molecular complexity index is 347. The molecule has 1 rings (SSSR count). The van der Waals surface area contributed by atoms with Crippen LogP contribution in [0.5, 0.6) is 0 Å². The standard InChI is InChI=1S/C10H19N5O/c1-7(2)9(11)10(16)12-5-4-8-13-6-15(3)14-8/h6-7,9H,4-5,11H2,1-3H3,(H,12,16)/t9-/m0/s1. The van der Waals surface area contributed by atoms with Crippen molar-refractivity contribution in [2.75, 3.05) is 6.54 Å². The third-order valence-electron chi connectivity index (χ3n) is 2.32. The van der Waals surface area contributed by atoms with Crippen LogP contribution in [-0.2, 0) is 18.3 Å². The second kappa shape index (κ2) is 5.60. The van der Waals surface area contributed by atoms with E-state index in [4.69, 9.17) is 5.73 Å². The molecule has 0 fully saturated rings. The predicted octanol–water partition coefficient (Wildman–Crippen LogP) is -0.543. The van der Waals surface area contributed by atoms with Crippen molar-refractivity contribution in [1.82, 2.24) is 20.1 Å². The van der Waals surface area contributed by atoms with Crippen LogP contribution in [0.25, 0.3) is 0 Å². The Labute approximate surface area is 95.2 Å². The number of amides is 1. The highest BCUT2D eigenvalue weighted by atomic mass is 16.2. The quantitative estimate of drug-likeness (QED) is 0.704. The molecule has 6 heteroatoms. The molecule has 1 amide bonds. The lowest BCUT2D eigenvalue weighted by Crippen LogP contribution is -2.44. The van der Waals surface area contributed by atoms with Gasteiger partial charge in [-0.3, -0.25) is 9.48 Å². The van der Waals surface area contributed by atoms with Crippen LogP contribution in [-0.4, -0.2) is 33.3 Å². The first-order valence-electron chi connectivity index (χ1n) is 5.38. The van der Waals surface area contributed by atoms with Crippen LogP contribution in [0, 0.1) is 5.92 Å². The molecule has 0 aliphatic carbocycles. The number of aromatic nitrogens is 3. The van der Waals surface area contributed by atoms with Crippen LogP contribution >= 0.6 is 0 Å². The van der Waals surface area contributed by atoms with Crippen LogP contribution < -0.4 is 11.1 Å². The van der Waals surface area contributed by atoms with Gasteiger partial charge in [-0.25, -0.2) is 4.98 Å². The lowest BCUT2D eigenvalue weighted by atomic mass is 10.1. The highest BCUT2D eigenvalue weighted by Crippen LogP contribution is 1.97. The van der Waals surface area contributed by atoms with E-state index >= 15 is 0 Å². The van der Waals surface area contributed by atoms with Gasteiger partial charge in [-0.1, -0.05) is 13.8 Å². The SMILES string of the molecule is CC(C)[C@H](N)C(=O)NCCc1ncn(C)n1. The van der Waals surface area contributed by atoms with E-state index in [1.54, 1.807) is 11.0 Å². The number of hydrogen-bond donors (Lipinski definition) is 2. The zero-order valence-corrected chi connectivity index (χ0v) is 9.97. The van der Waals surface area contributed by atoms with E-state index in [0.29, 0.717) is 13.0 Å². The van der Waals surface area contributed by atoms with Crippen molar-refractivity contribution in [3.05, 3.63) is 12.2 Å². The molecule has 6 nitrogen and oxygen atoms in total. The van der Waals surface area contributed by atoms with Gasteiger partial charge in [0.2, 0.25) is 5.91 Å². The number of nitrogens with zero attached hydrogens (tertiary/aromatic N) is 3. The molecule has 0 saturated carbocycles. The Morgan fingerprint density at radius 2 is 2.31 bits per heavy atom. The third-order valence-corrected chi connectivity index (χ3v) is 2.32. The van der Waals surface area contributed by atoms with E-state index in [-0.39, 0.29) is 11.8 Å². The molecular weight excluding hydrogens is 206 g/mol. The summed E-state index contributed by atoms with van der Waals surface area (Å²) in [4.78, 5) is 15.6. The van der Waals surface area contributed by atoms with E-state index in [0.717, 1.165) is 5.82 Å². The summed E-state index contributed by atoms with van der Waals surface area (Å²) in [5.41, 5.74) is 5.70. The van der Waals surface area contributed by atoms with Gasteiger partial charge < -0.3 is 11.1 Å². The Kier molecular flexibility index (Phi) is 4.42. The summed E-state index contributed by atoms with van der Waals surface area (Å²) in [5, 5.41) is 6.88. The molecule has 1 aromatic rings. The zero-order chi connectivity index (χ0) is 12.1. The summed E-state index contributed by atoms with van der Waals surface area (Å²) in [7, 11) is 1.81. The molecule has 1 heterocycles. The van der Waals surface area contributed by atoms with E-state index < -0.39 is 6.04 Å². The van der Waals surface area contributed by atoms with Crippen molar-refractivity contribution in [2.24, 2.45) is 18.7 Å². The van der Waals surface area contributed by atoms with Crippen molar-refractivity contribution in [3.8, 4) is 0 Å². The fourth-order valence-electron chi connectivity index (χ4n) is 1.22. The maximum atomic E-state index is 11.5. The van der Waals surface area contributed by atoms with Gasteiger partial charge in [-0.05, 0) is 5.92 Å². The molecule has 16 heavy (non-hydrogen) atoms. The highest BCUT2D eigenvalue weighted by molar-refractivity contribution is 5.81. The van der Waals surface area contributed by atoms with Crippen LogP contribution in [0.15, 0.2) is 6.33 Å². The molecule has 90 valence electrons. The first kappa shape index (κ1) is 12.6. The van der Waals surface area contributed by atoms with Crippen molar-refractivity contribution >= 4 is 5.91 Å². The number of rotatable bonds is 5. The molecule has 0 radical (unpaired) electrons. The largest absolute Gasteiger partial charge is 0.354 e. The van der Waals surface area contributed by atoms with Crippen LogP contribution in [0.3, 0.4) is 0 Å². The monoisotopic (exact) mass is 225 g/mol. The van der Waals surface area contributed by atoms with Crippen molar-refractivity contribution in [1.29, 1.82) is 0 Å². The predicted molar refractivity (Wildman–Crippen MR) is 60.5 cm³/mol. The normalized spacial score (nSPS) is 12.8. The van der Waals surface area contributed by atoms with Gasteiger partial charge >= 0.3 is 0 Å². The second-order valence-electron chi connectivity index (χ2n) is 4.15. The number of nitrogens with one attached hydrogen (secondary N) is 1. The average Bonchev–Trinajstić information content (AvgIpc) is 2.62. The van der Waals surface area contributed by atoms with Crippen LogP contribution in [0.1, 0.15) is 19.7 Å². The molecule has 0 unspecified atom stereocenters. The highest BCUT2D eigenvalue weighted by Gasteiger charge is 2.16. The maximum Gasteiger partial charge on any atom is 0.237 e. The lowest BCUT2D eigenvalue weighted by Gasteiger charge is -2.14. The minimum atomic E-state index is -0.448. The van der Waals surface area contributed by atoms with E-state index in [2.05, 4.69) is 15.4 Å². The zero-order valence-electron chi connectivity index (χ0n) is 9.97. The summed E-state index contributed by atoms with van der Waals surface area (Å²) in [6.45, 7) is 4.36. The fraction of sp³-hybridized carbons (Fsp3) is 0.700. The molecule has 0 bridgehead atoms. The molecule has 0 aliphatic heterocycles. The smallest absolute Gasteiger partial charge is 0.237 e. The average molecular weight is 225 g/mol. The Hall–Kier alpha value is -1.43. The maximum absolute atomic E-state index is 11.5. The van der Waals surface area contributed by atoms with Gasteiger partial charge in [-0.15, -0.1) is 0 Å². The number of nitrogens with two attached hydrogens (primary N) is 1. The molecular formula is C10H19N5O. The second-order valence-corrected chi connectivity index (χ2v) is 4.15. The minimum absolute atomic E-state index is 0.120. The van der Waals surface area contributed by atoms with Crippen molar-refractivity contribution < 1.29 is 4.79 Å². The first-order chi connectivity index (χ1) is 7.50. The van der Waals surface area contributed by atoms with Gasteiger partial charge in [-0.2, -0.15) is 5.10 Å². The van der Waals surface area contributed by atoms with Crippen molar-refractivity contribution in [3.63, 3.8) is 0 Å². The number of aryl methyl sites for hydroxylation is 1. The molecule has 3 N–H and O–H groups in total.